The number of carboxylic acids is 1. The Labute approximate surface area is 143 Å². The summed E-state index contributed by atoms with van der Waals surface area (Å²) in [5.41, 5.74) is 1.33. The standard InChI is InChI=1S/C9H8ClFO.C9H9FO2/c1-2-6-3-4-7(9(10)12)8(11)5-6;1-2-6-3-4-7(9(11)12)8(10)5-6/h3-5H,2H2,1H3;3-5H,2H2,1H3,(H,11,12). The summed E-state index contributed by atoms with van der Waals surface area (Å²) in [4.78, 5) is 21.0. The van der Waals surface area contributed by atoms with Gasteiger partial charge in [-0.25, -0.2) is 13.6 Å². The first-order valence-electron chi connectivity index (χ1n) is 7.30. The van der Waals surface area contributed by atoms with E-state index in [0.717, 1.165) is 17.5 Å². The van der Waals surface area contributed by atoms with Crippen molar-refractivity contribution < 1.29 is 23.5 Å². The van der Waals surface area contributed by atoms with Crippen LogP contribution in [0.15, 0.2) is 36.4 Å². The summed E-state index contributed by atoms with van der Waals surface area (Å²) in [5, 5.41) is 7.73. The van der Waals surface area contributed by atoms with E-state index in [1.54, 1.807) is 12.1 Å². The summed E-state index contributed by atoms with van der Waals surface area (Å²) in [7, 11) is 0. The van der Waals surface area contributed by atoms with E-state index in [-0.39, 0.29) is 11.1 Å². The van der Waals surface area contributed by atoms with Gasteiger partial charge in [-0.1, -0.05) is 26.0 Å². The van der Waals surface area contributed by atoms with Crippen LogP contribution < -0.4 is 0 Å². The molecule has 0 saturated heterocycles. The molecule has 0 bridgehead atoms. The van der Waals surface area contributed by atoms with Gasteiger partial charge in [0.05, 0.1) is 11.1 Å². The third-order valence-corrected chi connectivity index (χ3v) is 3.53. The average molecular weight is 355 g/mol. The van der Waals surface area contributed by atoms with Gasteiger partial charge in [-0.05, 0) is 59.8 Å². The Morgan fingerprint density at radius 2 is 1.33 bits per heavy atom. The molecular weight excluding hydrogens is 338 g/mol. The lowest BCUT2D eigenvalue weighted by Crippen LogP contribution is -2.00. The average Bonchev–Trinajstić information content (AvgIpc) is 2.54. The number of carbonyl (C=O) groups is 2. The molecule has 0 aromatic heterocycles. The predicted molar refractivity (Wildman–Crippen MR) is 88.7 cm³/mol. The zero-order valence-corrected chi connectivity index (χ0v) is 14.0. The summed E-state index contributed by atoms with van der Waals surface area (Å²) in [5.74, 6) is -2.44. The quantitative estimate of drug-likeness (QED) is 0.798. The minimum atomic E-state index is -1.23. The van der Waals surface area contributed by atoms with E-state index < -0.39 is 22.8 Å². The number of benzene rings is 2. The fraction of sp³-hybridized carbons (Fsp3) is 0.222. The molecular formula is C18H17ClF2O3. The minimum absolute atomic E-state index is 0.0612. The number of aryl methyl sites for hydroxylation is 2. The molecule has 0 aliphatic heterocycles. The van der Waals surface area contributed by atoms with Crippen molar-refractivity contribution in [2.75, 3.05) is 0 Å². The van der Waals surface area contributed by atoms with Crippen LogP contribution in [-0.2, 0) is 12.8 Å². The highest BCUT2D eigenvalue weighted by Gasteiger charge is 2.09. The van der Waals surface area contributed by atoms with Gasteiger partial charge in [0.15, 0.2) is 0 Å². The van der Waals surface area contributed by atoms with E-state index in [2.05, 4.69) is 0 Å². The van der Waals surface area contributed by atoms with Crippen LogP contribution in [-0.4, -0.2) is 16.3 Å². The Hall–Kier alpha value is -2.27. The van der Waals surface area contributed by atoms with Crippen molar-refractivity contribution in [3.63, 3.8) is 0 Å². The number of hydrogen-bond donors (Lipinski definition) is 1. The van der Waals surface area contributed by atoms with Crippen LogP contribution in [0.4, 0.5) is 8.78 Å². The lowest BCUT2D eigenvalue weighted by Gasteiger charge is -1.99. The number of halogens is 3. The Morgan fingerprint density at radius 1 is 0.917 bits per heavy atom. The molecule has 0 atom stereocenters. The third kappa shape index (κ3) is 5.42. The van der Waals surface area contributed by atoms with Crippen LogP contribution in [0.5, 0.6) is 0 Å². The lowest BCUT2D eigenvalue weighted by atomic mass is 10.1. The van der Waals surface area contributed by atoms with E-state index in [9.17, 15) is 18.4 Å². The molecule has 3 nitrogen and oxygen atoms in total. The second kappa shape index (κ2) is 9.13. The summed E-state index contributed by atoms with van der Waals surface area (Å²) < 4.78 is 25.9. The molecule has 0 spiro atoms. The maximum Gasteiger partial charge on any atom is 0.338 e. The monoisotopic (exact) mass is 354 g/mol. The highest BCUT2D eigenvalue weighted by Crippen LogP contribution is 2.13. The lowest BCUT2D eigenvalue weighted by molar-refractivity contribution is 0.0691. The van der Waals surface area contributed by atoms with Gasteiger partial charge >= 0.3 is 5.97 Å². The molecule has 128 valence electrons. The van der Waals surface area contributed by atoms with Gasteiger partial charge in [0.2, 0.25) is 0 Å². The third-order valence-electron chi connectivity index (χ3n) is 3.33. The number of aromatic carboxylic acids is 1. The van der Waals surface area contributed by atoms with Crippen LogP contribution >= 0.6 is 11.6 Å². The van der Waals surface area contributed by atoms with Crippen molar-refractivity contribution in [3.05, 3.63) is 70.3 Å². The number of rotatable bonds is 4. The summed E-state index contributed by atoms with van der Waals surface area (Å²) in [6.45, 7) is 3.80. The van der Waals surface area contributed by atoms with E-state index in [4.69, 9.17) is 16.7 Å². The van der Waals surface area contributed by atoms with Gasteiger partial charge in [0.1, 0.15) is 11.6 Å². The zero-order chi connectivity index (χ0) is 18.3. The van der Waals surface area contributed by atoms with Crippen LogP contribution in [0, 0.1) is 11.6 Å². The van der Waals surface area contributed by atoms with E-state index >= 15 is 0 Å². The SMILES string of the molecule is CCc1ccc(C(=O)Cl)c(F)c1.CCc1ccc(C(=O)O)c(F)c1. The summed E-state index contributed by atoms with van der Waals surface area (Å²) >= 11 is 5.13. The smallest absolute Gasteiger partial charge is 0.338 e. The Morgan fingerprint density at radius 3 is 1.62 bits per heavy atom. The van der Waals surface area contributed by atoms with Crippen LogP contribution in [0.2, 0.25) is 0 Å². The number of carboxylic acid groups (broad SMARTS) is 1. The second-order valence-corrected chi connectivity index (χ2v) is 5.26. The van der Waals surface area contributed by atoms with Gasteiger partial charge in [-0.15, -0.1) is 0 Å². The maximum absolute atomic E-state index is 13.0. The molecule has 0 aliphatic carbocycles. The molecule has 6 heteroatoms. The first kappa shape index (κ1) is 19.8. The highest BCUT2D eigenvalue weighted by molar-refractivity contribution is 6.67. The topological polar surface area (TPSA) is 54.4 Å². The predicted octanol–water partition coefficient (Wildman–Crippen LogP) is 4.85. The van der Waals surface area contributed by atoms with Gasteiger partial charge in [-0.2, -0.15) is 0 Å². The molecule has 0 unspecified atom stereocenters. The summed E-state index contributed by atoms with van der Waals surface area (Å²) in [6.07, 6.45) is 1.45. The van der Waals surface area contributed by atoms with Gasteiger partial charge in [0, 0.05) is 0 Å². The number of hydrogen-bond acceptors (Lipinski definition) is 2. The molecule has 1 N–H and O–H groups in total. The van der Waals surface area contributed by atoms with Gasteiger partial charge in [0.25, 0.3) is 5.24 Å². The van der Waals surface area contributed by atoms with Crippen LogP contribution in [0.3, 0.4) is 0 Å². The Bertz CT molecular complexity index is 682. The molecule has 2 aromatic carbocycles. The van der Waals surface area contributed by atoms with Crippen molar-refractivity contribution in [1.29, 1.82) is 0 Å². The highest BCUT2D eigenvalue weighted by atomic mass is 35.5. The van der Waals surface area contributed by atoms with Crippen molar-refractivity contribution in [3.8, 4) is 0 Å². The second-order valence-electron chi connectivity index (χ2n) is 4.91. The van der Waals surface area contributed by atoms with E-state index in [0.29, 0.717) is 6.42 Å². The molecule has 0 radical (unpaired) electrons. The maximum atomic E-state index is 13.0. The zero-order valence-electron chi connectivity index (χ0n) is 13.3. The minimum Gasteiger partial charge on any atom is -0.478 e. The molecule has 2 rings (SSSR count). The molecule has 2 aromatic rings. The van der Waals surface area contributed by atoms with E-state index in [1.165, 1.54) is 24.3 Å². The normalized spacial score (nSPS) is 9.88. The van der Waals surface area contributed by atoms with Crippen LogP contribution in [0.25, 0.3) is 0 Å². The fourth-order valence-electron chi connectivity index (χ4n) is 1.89. The Balaban J connectivity index is 0.000000240. The van der Waals surface area contributed by atoms with Crippen molar-refractivity contribution in [2.24, 2.45) is 0 Å². The van der Waals surface area contributed by atoms with Gasteiger partial charge < -0.3 is 5.11 Å². The first-order chi connectivity index (χ1) is 11.3. The van der Waals surface area contributed by atoms with Gasteiger partial charge in [-0.3, -0.25) is 4.79 Å². The summed E-state index contributed by atoms with van der Waals surface area (Å²) in [6, 6.07) is 8.59. The van der Waals surface area contributed by atoms with Crippen molar-refractivity contribution in [2.45, 2.75) is 26.7 Å². The van der Waals surface area contributed by atoms with Crippen molar-refractivity contribution in [1.82, 2.24) is 0 Å². The fourth-order valence-corrected chi connectivity index (χ4v) is 2.04. The molecule has 0 aliphatic rings. The van der Waals surface area contributed by atoms with Crippen molar-refractivity contribution >= 4 is 22.8 Å². The Kier molecular flexibility index (Phi) is 7.52. The van der Waals surface area contributed by atoms with E-state index in [1.807, 2.05) is 13.8 Å². The number of carbonyl (C=O) groups excluding carboxylic acids is 1. The molecule has 0 heterocycles. The van der Waals surface area contributed by atoms with Crippen LogP contribution in [0.1, 0.15) is 45.7 Å². The first-order valence-corrected chi connectivity index (χ1v) is 7.67. The molecule has 24 heavy (non-hydrogen) atoms. The molecule has 0 amide bonds. The largest absolute Gasteiger partial charge is 0.478 e. The molecule has 0 saturated carbocycles. The molecule has 0 fully saturated rings.